The molecule has 2 aromatic carbocycles. The highest BCUT2D eigenvalue weighted by Gasteiger charge is 2.20. The Labute approximate surface area is 136 Å². The molecule has 4 heteroatoms. The van der Waals surface area contributed by atoms with Gasteiger partial charge in [0, 0.05) is 6.42 Å². The zero-order valence-electron chi connectivity index (χ0n) is 13.4. The largest absolute Gasteiger partial charge is 0.480 e. The summed E-state index contributed by atoms with van der Waals surface area (Å²) in [5, 5.41) is 11.9. The molecule has 0 aliphatic carbocycles. The van der Waals surface area contributed by atoms with Crippen molar-refractivity contribution >= 4 is 11.9 Å². The molecule has 0 aliphatic heterocycles. The molecule has 0 spiro atoms. The molecule has 0 bridgehead atoms. The van der Waals surface area contributed by atoms with Gasteiger partial charge in [-0.25, -0.2) is 4.79 Å². The van der Waals surface area contributed by atoms with Gasteiger partial charge in [0.15, 0.2) is 0 Å². The average molecular weight is 311 g/mol. The van der Waals surface area contributed by atoms with E-state index in [4.69, 9.17) is 0 Å². The molecule has 0 unspecified atom stereocenters. The van der Waals surface area contributed by atoms with E-state index >= 15 is 0 Å². The van der Waals surface area contributed by atoms with E-state index in [1.54, 1.807) is 0 Å². The van der Waals surface area contributed by atoms with Crippen molar-refractivity contribution in [1.82, 2.24) is 5.32 Å². The first-order valence-electron chi connectivity index (χ1n) is 7.57. The molecule has 0 saturated heterocycles. The molecule has 2 rings (SSSR count). The van der Waals surface area contributed by atoms with Gasteiger partial charge < -0.3 is 10.4 Å². The molecular formula is C19H21NO3. The number of nitrogens with one attached hydrogen (secondary N) is 1. The first kappa shape index (κ1) is 16.7. The predicted octanol–water partition coefficient (Wildman–Crippen LogP) is 2.66. The zero-order valence-corrected chi connectivity index (χ0v) is 13.4. The lowest BCUT2D eigenvalue weighted by Crippen LogP contribution is -2.43. The molecular weight excluding hydrogens is 290 g/mol. The lowest BCUT2D eigenvalue weighted by atomic mass is 10.0. The fraction of sp³-hybridized carbons (Fsp3) is 0.263. The normalized spacial score (nSPS) is 11.7. The number of rotatable bonds is 6. The maximum Gasteiger partial charge on any atom is 0.326 e. The summed E-state index contributed by atoms with van der Waals surface area (Å²) in [6.45, 7) is 3.95. The molecule has 1 atom stereocenters. The molecule has 23 heavy (non-hydrogen) atoms. The Balaban J connectivity index is 2.02. The standard InChI is InChI=1S/C19H21NO3/c1-13-8-14(2)10-16(9-13)12-18(21)20-17(19(22)23)11-15-6-4-3-5-7-15/h3-10,17H,11-12H2,1-2H3,(H,20,21)(H,22,23)/t17-/m0/s1. The Bertz CT molecular complexity index is 675. The molecule has 0 aromatic heterocycles. The maximum absolute atomic E-state index is 12.2. The number of aryl methyl sites for hydroxylation is 2. The number of hydrogen-bond acceptors (Lipinski definition) is 2. The van der Waals surface area contributed by atoms with E-state index in [0.717, 1.165) is 22.3 Å². The Morgan fingerprint density at radius 2 is 1.61 bits per heavy atom. The van der Waals surface area contributed by atoms with E-state index in [1.165, 1.54) is 0 Å². The van der Waals surface area contributed by atoms with Crippen LogP contribution in [0.15, 0.2) is 48.5 Å². The second kappa shape index (κ2) is 7.58. The van der Waals surface area contributed by atoms with Gasteiger partial charge in [-0.3, -0.25) is 4.79 Å². The summed E-state index contributed by atoms with van der Waals surface area (Å²) in [7, 11) is 0. The van der Waals surface area contributed by atoms with Crippen LogP contribution in [0.3, 0.4) is 0 Å². The number of carbonyl (C=O) groups is 2. The molecule has 1 amide bonds. The van der Waals surface area contributed by atoms with Gasteiger partial charge in [0.25, 0.3) is 0 Å². The van der Waals surface area contributed by atoms with Crippen molar-refractivity contribution in [2.75, 3.05) is 0 Å². The van der Waals surface area contributed by atoms with Crippen molar-refractivity contribution in [3.63, 3.8) is 0 Å². The van der Waals surface area contributed by atoms with Gasteiger partial charge in [-0.05, 0) is 25.0 Å². The van der Waals surface area contributed by atoms with Gasteiger partial charge >= 0.3 is 5.97 Å². The highest BCUT2D eigenvalue weighted by atomic mass is 16.4. The molecule has 2 aromatic rings. The van der Waals surface area contributed by atoms with Crippen molar-refractivity contribution in [1.29, 1.82) is 0 Å². The Morgan fingerprint density at radius 1 is 1.00 bits per heavy atom. The number of hydrogen-bond donors (Lipinski definition) is 2. The van der Waals surface area contributed by atoms with Gasteiger partial charge in [-0.1, -0.05) is 59.7 Å². The first-order chi connectivity index (χ1) is 10.9. The van der Waals surface area contributed by atoms with Crippen molar-refractivity contribution in [2.24, 2.45) is 0 Å². The lowest BCUT2D eigenvalue weighted by Gasteiger charge is -2.15. The van der Waals surface area contributed by atoms with E-state index in [-0.39, 0.29) is 18.7 Å². The number of carbonyl (C=O) groups excluding carboxylic acids is 1. The predicted molar refractivity (Wildman–Crippen MR) is 89.3 cm³/mol. The first-order valence-corrected chi connectivity index (χ1v) is 7.57. The van der Waals surface area contributed by atoms with Crippen LogP contribution in [0.2, 0.25) is 0 Å². The molecule has 0 fully saturated rings. The van der Waals surface area contributed by atoms with E-state index in [9.17, 15) is 14.7 Å². The molecule has 0 saturated carbocycles. The molecule has 2 N–H and O–H groups in total. The number of carboxylic acids is 1. The molecule has 0 heterocycles. The summed E-state index contributed by atoms with van der Waals surface area (Å²) in [6.07, 6.45) is 0.454. The van der Waals surface area contributed by atoms with Crippen LogP contribution in [0.4, 0.5) is 0 Å². The number of aliphatic carboxylic acids is 1. The highest BCUT2D eigenvalue weighted by molar-refractivity contribution is 5.85. The van der Waals surface area contributed by atoms with Gasteiger partial charge in [-0.15, -0.1) is 0 Å². The molecule has 4 nitrogen and oxygen atoms in total. The Hall–Kier alpha value is -2.62. The summed E-state index contributed by atoms with van der Waals surface area (Å²) in [4.78, 5) is 23.6. The fourth-order valence-electron chi connectivity index (χ4n) is 2.65. The SMILES string of the molecule is Cc1cc(C)cc(CC(=O)N[C@@H](Cc2ccccc2)C(=O)O)c1. The van der Waals surface area contributed by atoms with Gasteiger partial charge in [0.1, 0.15) is 6.04 Å². The monoisotopic (exact) mass is 311 g/mol. The smallest absolute Gasteiger partial charge is 0.326 e. The van der Waals surface area contributed by atoms with Crippen LogP contribution in [0.5, 0.6) is 0 Å². The number of amides is 1. The van der Waals surface area contributed by atoms with E-state index in [1.807, 2.05) is 62.4 Å². The number of benzene rings is 2. The van der Waals surface area contributed by atoms with Crippen LogP contribution in [0.1, 0.15) is 22.3 Å². The van der Waals surface area contributed by atoms with E-state index in [0.29, 0.717) is 0 Å². The van der Waals surface area contributed by atoms with Crippen molar-refractivity contribution < 1.29 is 14.7 Å². The van der Waals surface area contributed by atoms with Crippen molar-refractivity contribution in [2.45, 2.75) is 32.7 Å². The molecule has 0 aliphatic rings. The van der Waals surface area contributed by atoms with Crippen LogP contribution in [-0.4, -0.2) is 23.0 Å². The van der Waals surface area contributed by atoms with Crippen LogP contribution < -0.4 is 5.32 Å². The quantitative estimate of drug-likeness (QED) is 0.862. The summed E-state index contributed by atoms with van der Waals surface area (Å²) in [5.41, 5.74) is 3.95. The van der Waals surface area contributed by atoms with Gasteiger partial charge in [0.2, 0.25) is 5.91 Å². The van der Waals surface area contributed by atoms with E-state index < -0.39 is 12.0 Å². The average Bonchev–Trinajstić information content (AvgIpc) is 2.46. The summed E-state index contributed by atoms with van der Waals surface area (Å²) < 4.78 is 0. The minimum Gasteiger partial charge on any atom is -0.480 e. The topological polar surface area (TPSA) is 66.4 Å². The van der Waals surface area contributed by atoms with Gasteiger partial charge in [0.05, 0.1) is 6.42 Å². The van der Waals surface area contributed by atoms with Crippen molar-refractivity contribution in [3.05, 3.63) is 70.8 Å². The third-order valence-electron chi connectivity index (χ3n) is 3.56. The van der Waals surface area contributed by atoms with Gasteiger partial charge in [-0.2, -0.15) is 0 Å². The van der Waals surface area contributed by atoms with Crippen molar-refractivity contribution in [3.8, 4) is 0 Å². The second-order valence-corrected chi connectivity index (χ2v) is 5.82. The third kappa shape index (κ3) is 5.25. The lowest BCUT2D eigenvalue weighted by molar-refractivity contribution is -0.141. The van der Waals surface area contributed by atoms with Crippen LogP contribution in [0, 0.1) is 13.8 Å². The molecule has 0 radical (unpaired) electrons. The Kier molecular flexibility index (Phi) is 5.52. The third-order valence-corrected chi connectivity index (χ3v) is 3.56. The van der Waals surface area contributed by atoms with Crippen LogP contribution >= 0.6 is 0 Å². The fourth-order valence-corrected chi connectivity index (χ4v) is 2.65. The summed E-state index contributed by atoms with van der Waals surface area (Å²) >= 11 is 0. The highest BCUT2D eigenvalue weighted by Crippen LogP contribution is 2.10. The molecule has 120 valence electrons. The Morgan fingerprint density at radius 3 is 2.17 bits per heavy atom. The van der Waals surface area contributed by atoms with Crippen LogP contribution in [0.25, 0.3) is 0 Å². The maximum atomic E-state index is 12.2. The van der Waals surface area contributed by atoms with Crippen LogP contribution in [-0.2, 0) is 22.4 Å². The summed E-state index contributed by atoms with van der Waals surface area (Å²) in [6, 6.07) is 14.3. The summed E-state index contributed by atoms with van der Waals surface area (Å²) in [5.74, 6) is -1.30. The minimum absolute atomic E-state index is 0.182. The minimum atomic E-state index is -1.03. The van der Waals surface area contributed by atoms with E-state index in [2.05, 4.69) is 5.32 Å². The second-order valence-electron chi connectivity index (χ2n) is 5.82. The zero-order chi connectivity index (χ0) is 16.8. The number of carboxylic acid groups (broad SMARTS) is 1.